The van der Waals surface area contributed by atoms with Crippen molar-refractivity contribution in [2.24, 2.45) is 0 Å². The highest BCUT2D eigenvalue weighted by atomic mass is 79.9. The van der Waals surface area contributed by atoms with Crippen molar-refractivity contribution in [1.82, 2.24) is 10.2 Å². The van der Waals surface area contributed by atoms with Gasteiger partial charge >= 0.3 is 0 Å². The zero-order valence-electron chi connectivity index (χ0n) is 13.4. The van der Waals surface area contributed by atoms with Crippen LogP contribution in [-0.4, -0.2) is 29.3 Å². The van der Waals surface area contributed by atoms with E-state index in [1.54, 1.807) is 36.1 Å². The number of carbonyl (C=O) groups is 2. The van der Waals surface area contributed by atoms with Gasteiger partial charge in [0.2, 0.25) is 5.91 Å². The van der Waals surface area contributed by atoms with E-state index in [2.05, 4.69) is 21.2 Å². The highest BCUT2D eigenvalue weighted by Gasteiger charge is 2.22. The number of hydrogen-bond donors (Lipinski definition) is 1. The topological polar surface area (TPSA) is 49.4 Å². The average molecular weight is 430 g/mol. The molecule has 2 rings (SSSR count). The van der Waals surface area contributed by atoms with Gasteiger partial charge in [0.05, 0.1) is 10.9 Å². The van der Waals surface area contributed by atoms with Gasteiger partial charge < -0.3 is 10.2 Å². The van der Waals surface area contributed by atoms with Gasteiger partial charge in [0.25, 0.3) is 5.91 Å². The first-order valence-electron chi connectivity index (χ1n) is 7.50. The predicted octanol–water partition coefficient (Wildman–Crippen LogP) is 4.33. The zero-order chi connectivity index (χ0) is 17.7. The second-order valence-corrected chi connectivity index (χ2v) is 7.98. The van der Waals surface area contributed by atoms with E-state index in [0.717, 1.165) is 9.35 Å². The van der Waals surface area contributed by atoms with E-state index < -0.39 is 6.04 Å². The van der Waals surface area contributed by atoms with Crippen molar-refractivity contribution >= 4 is 50.7 Å². The molecular weight excluding hydrogens is 412 g/mol. The molecule has 0 aliphatic carbocycles. The van der Waals surface area contributed by atoms with Crippen molar-refractivity contribution in [2.45, 2.75) is 26.4 Å². The number of carbonyl (C=O) groups excluding carboxylic acids is 2. The fraction of sp³-hybridized carbons (Fsp3) is 0.294. The summed E-state index contributed by atoms with van der Waals surface area (Å²) >= 11 is 10.7. The van der Waals surface area contributed by atoms with Crippen molar-refractivity contribution in [1.29, 1.82) is 0 Å². The van der Waals surface area contributed by atoms with Crippen LogP contribution in [-0.2, 0) is 11.3 Å². The first kappa shape index (κ1) is 19.0. The summed E-state index contributed by atoms with van der Waals surface area (Å²) < 4.78 is 1.60. The SMILES string of the molecule is CCN(Cc1ccc(Cl)s1)C(=O)C(C)NC(=O)c1ccc(Br)cc1. The molecule has 0 bridgehead atoms. The van der Waals surface area contributed by atoms with Gasteiger partial charge in [-0.05, 0) is 50.2 Å². The van der Waals surface area contributed by atoms with Crippen molar-refractivity contribution in [2.75, 3.05) is 6.54 Å². The Bertz CT molecular complexity index is 718. The fourth-order valence-electron chi connectivity index (χ4n) is 2.19. The van der Waals surface area contributed by atoms with E-state index in [1.807, 2.05) is 19.1 Å². The van der Waals surface area contributed by atoms with E-state index in [4.69, 9.17) is 11.6 Å². The minimum Gasteiger partial charge on any atom is -0.341 e. The molecule has 0 radical (unpaired) electrons. The Labute approximate surface area is 158 Å². The number of thiophene rings is 1. The molecule has 0 aliphatic heterocycles. The van der Waals surface area contributed by atoms with Crippen LogP contribution >= 0.6 is 38.9 Å². The maximum absolute atomic E-state index is 12.6. The monoisotopic (exact) mass is 428 g/mol. The Morgan fingerprint density at radius 2 is 1.92 bits per heavy atom. The second kappa shape index (κ2) is 8.65. The maximum Gasteiger partial charge on any atom is 0.251 e. The molecule has 0 aliphatic rings. The number of halogens is 2. The van der Waals surface area contributed by atoms with Gasteiger partial charge in [-0.1, -0.05) is 27.5 Å². The molecular formula is C17H18BrClN2O2S. The van der Waals surface area contributed by atoms with Crippen molar-refractivity contribution in [3.05, 3.63) is 55.6 Å². The third-order valence-corrected chi connectivity index (χ3v) is 5.24. The molecule has 7 heteroatoms. The third kappa shape index (κ3) is 5.06. The largest absolute Gasteiger partial charge is 0.341 e. The Morgan fingerprint density at radius 3 is 2.46 bits per heavy atom. The van der Waals surface area contributed by atoms with Gasteiger partial charge in [0.15, 0.2) is 0 Å². The van der Waals surface area contributed by atoms with Crippen LogP contribution in [0.2, 0.25) is 4.34 Å². The maximum atomic E-state index is 12.6. The van der Waals surface area contributed by atoms with Gasteiger partial charge in [0.1, 0.15) is 6.04 Å². The molecule has 1 N–H and O–H groups in total. The number of amides is 2. The number of hydrogen-bond acceptors (Lipinski definition) is 3. The number of benzene rings is 1. The van der Waals surface area contributed by atoms with Crippen LogP contribution in [0.1, 0.15) is 29.1 Å². The van der Waals surface area contributed by atoms with Crippen LogP contribution < -0.4 is 5.32 Å². The number of nitrogens with one attached hydrogen (secondary N) is 1. The molecule has 0 spiro atoms. The van der Waals surface area contributed by atoms with Crippen molar-refractivity contribution in [3.63, 3.8) is 0 Å². The Kier molecular flexibility index (Phi) is 6.83. The van der Waals surface area contributed by atoms with Crippen LogP contribution in [0.3, 0.4) is 0 Å². The van der Waals surface area contributed by atoms with Gasteiger partial charge in [-0.15, -0.1) is 11.3 Å². The Morgan fingerprint density at radius 1 is 1.25 bits per heavy atom. The highest BCUT2D eigenvalue weighted by Crippen LogP contribution is 2.22. The molecule has 0 saturated heterocycles. The highest BCUT2D eigenvalue weighted by molar-refractivity contribution is 9.10. The van der Waals surface area contributed by atoms with Crippen LogP contribution in [0, 0.1) is 0 Å². The minimum absolute atomic E-state index is 0.118. The molecule has 1 aromatic carbocycles. The molecule has 128 valence electrons. The molecule has 24 heavy (non-hydrogen) atoms. The summed E-state index contributed by atoms with van der Waals surface area (Å²) in [6.07, 6.45) is 0. The first-order chi connectivity index (χ1) is 11.4. The molecule has 1 heterocycles. The van der Waals surface area contributed by atoms with Gasteiger partial charge in [0, 0.05) is 21.5 Å². The molecule has 2 aromatic rings. The molecule has 1 unspecified atom stereocenters. The summed E-state index contributed by atoms with van der Waals surface area (Å²) in [5.74, 6) is -0.383. The second-order valence-electron chi connectivity index (χ2n) is 5.26. The van der Waals surface area contributed by atoms with E-state index >= 15 is 0 Å². The fourth-order valence-corrected chi connectivity index (χ4v) is 3.55. The molecule has 4 nitrogen and oxygen atoms in total. The van der Waals surface area contributed by atoms with Crippen LogP contribution in [0.5, 0.6) is 0 Å². The lowest BCUT2D eigenvalue weighted by atomic mass is 10.2. The Hall–Kier alpha value is -1.37. The lowest BCUT2D eigenvalue weighted by molar-refractivity contribution is -0.133. The standard InChI is InChI=1S/C17H18BrClN2O2S/c1-3-21(10-14-8-9-15(19)24-14)17(23)11(2)20-16(22)12-4-6-13(18)7-5-12/h4-9,11H,3,10H2,1-2H3,(H,20,22). The van der Waals surface area contributed by atoms with Gasteiger partial charge in [-0.2, -0.15) is 0 Å². The van der Waals surface area contributed by atoms with Crippen molar-refractivity contribution in [3.8, 4) is 0 Å². The lowest BCUT2D eigenvalue weighted by Gasteiger charge is -2.24. The summed E-state index contributed by atoms with van der Waals surface area (Å²) in [5.41, 5.74) is 0.519. The van der Waals surface area contributed by atoms with Crippen LogP contribution in [0.4, 0.5) is 0 Å². The summed E-state index contributed by atoms with van der Waals surface area (Å²) in [5, 5.41) is 2.75. The zero-order valence-corrected chi connectivity index (χ0v) is 16.5. The van der Waals surface area contributed by atoms with Crippen molar-refractivity contribution < 1.29 is 9.59 Å². The lowest BCUT2D eigenvalue weighted by Crippen LogP contribution is -2.46. The van der Waals surface area contributed by atoms with Crippen LogP contribution in [0.15, 0.2) is 40.9 Å². The quantitative estimate of drug-likeness (QED) is 0.743. The van der Waals surface area contributed by atoms with E-state index in [9.17, 15) is 9.59 Å². The first-order valence-corrected chi connectivity index (χ1v) is 9.49. The Balaban J connectivity index is 1.98. The van der Waals surface area contributed by atoms with Crippen LogP contribution in [0.25, 0.3) is 0 Å². The summed E-state index contributed by atoms with van der Waals surface area (Å²) in [6.45, 7) is 4.66. The van der Waals surface area contributed by atoms with Gasteiger partial charge in [-0.25, -0.2) is 0 Å². The average Bonchev–Trinajstić information content (AvgIpc) is 2.97. The predicted molar refractivity (Wildman–Crippen MR) is 101 cm³/mol. The van der Waals surface area contributed by atoms with E-state index in [0.29, 0.717) is 23.0 Å². The third-order valence-electron chi connectivity index (χ3n) is 3.49. The molecule has 0 saturated carbocycles. The van der Waals surface area contributed by atoms with Gasteiger partial charge in [-0.3, -0.25) is 9.59 Å². The van der Waals surface area contributed by atoms with E-state index in [-0.39, 0.29) is 11.8 Å². The molecule has 1 atom stereocenters. The summed E-state index contributed by atoms with van der Waals surface area (Å²) in [6, 6.07) is 10.1. The summed E-state index contributed by atoms with van der Waals surface area (Å²) in [4.78, 5) is 27.5. The number of rotatable bonds is 6. The minimum atomic E-state index is -0.600. The molecule has 1 aromatic heterocycles. The smallest absolute Gasteiger partial charge is 0.251 e. The molecule has 2 amide bonds. The summed E-state index contributed by atoms with van der Waals surface area (Å²) in [7, 11) is 0. The van der Waals surface area contributed by atoms with E-state index in [1.165, 1.54) is 11.3 Å². The number of likely N-dealkylation sites (N-methyl/N-ethyl adjacent to an activating group) is 1. The normalized spacial score (nSPS) is 11.8. The number of nitrogens with zero attached hydrogens (tertiary/aromatic N) is 1. The molecule has 0 fully saturated rings.